The zero-order valence-corrected chi connectivity index (χ0v) is 7.66. The number of nitrogens with zero attached hydrogens (tertiary/aromatic N) is 2. The third-order valence-electron chi connectivity index (χ3n) is 1.68. The Morgan fingerprint density at radius 1 is 1.62 bits per heavy atom. The first-order valence-corrected chi connectivity index (χ1v) is 3.76. The van der Waals surface area contributed by atoms with Crippen LogP contribution >= 0.6 is 0 Å². The van der Waals surface area contributed by atoms with E-state index >= 15 is 0 Å². The van der Waals surface area contributed by atoms with Crippen LogP contribution in [0.15, 0.2) is 0 Å². The molecule has 1 rings (SSSR count). The van der Waals surface area contributed by atoms with Gasteiger partial charge in [-0.2, -0.15) is 5.10 Å². The van der Waals surface area contributed by atoms with Crippen LogP contribution in [0.4, 0.5) is 5.69 Å². The fourth-order valence-corrected chi connectivity index (χ4v) is 1.07. The van der Waals surface area contributed by atoms with E-state index in [0.29, 0.717) is 5.69 Å². The number of aliphatic hydroxyl groups is 1. The molecule has 0 saturated heterocycles. The van der Waals surface area contributed by atoms with Crippen LogP contribution in [0, 0.1) is 17.0 Å². The lowest BCUT2D eigenvalue weighted by Crippen LogP contribution is -2.17. The zero-order chi connectivity index (χ0) is 10.2. The SMILES string of the molecule is Cc1[nH]nc(C(C)(C)O)c1[N+](=O)[O-]. The summed E-state index contributed by atoms with van der Waals surface area (Å²) in [4.78, 5) is 10.0. The minimum absolute atomic E-state index is 0.0648. The van der Waals surface area contributed by atoms with Crippen molar-refractivity contribution >= 4 is 5.69 Å². The van der Waals surface area contributed by atoms with Crippen molar-refractivity contribution in [3.8, 4) is 0 Å². The van der Waals surface area contributed by atoms with Crippen molar-refractivity contribution in [2.24, 2.45) is 0 Å². The summed E-state index contributed by atoms with van der Waals surface area (Å²) < 4.78 is 0. The number of aromatic amines is 1. The highest BCUT2D eigenvalue weighted by Gasteiger charge is 2.32. The van der Waals surface area contributed by atoms with E-state index in [4.69, 9.17) is 0 Å². The van der Waals surface area contributed by atoms with Gasteiger partial charge in [0, 0.05) is 0 Å². The van der Waals surface area contributed by atoms with Crippen LogP contribution in [0.5, 0.6) is 0 Å². The lowest BCUT2D eigenvalue weighted by Gasteiger charge is -2.12. The third-order valence-corrected chi connectivity index (χ3v) is 1.68. The molecule has 0 amide bonds. The van der Waals surface area contributed by atoms with Gasteiger partial charge in [-0.15, -0.1) is 0 Å². The Labute approximate surface area is 74.7 Å². The average molecular weight is 185 g/mol. The van der Waals surface area contributed by atoms with E-state index in [1.54, 1.807) is 6.92 Å². The smallest absolute Gasteiger partial charge is 0.315 e. The highest BCUT2D eigenvalue weighted by molar-refractivity contribution is 5.42. The zero-order valence-electron chi connectivity index (χ0n) is 7.66. The van der Waals surface area contributed by atoms with Gasteiger partial charge in [0.05, 0.1) is 4.92 Å². The molecule has 1 aromatic rings. The Morgan fingerprint density at radius 3 is 2.46 bits per heavy atom. The molecule has 0 radical (unpaired) electrons. The minimum atomic E-state index is -1.30. The highest BCUT2D eigenvalue weighted by atomic mass is 16.6. The molecular weight excluding hydrogens is 174 g/mol. The van der Waals surface area contributed by atoms with Gasteiger partial charge < -0.3 is 5.11 Å². The molecule has 6 heteroatoms. The molecule has 0 unspecified atom stereocenters. The van der Waals surface area contributed by atoms with Crippen LogP contribution in [-0.2, 0) is 5.60 Å². The summed E-state index contributed by atoms with van der Waals surface area (Å²) in [5.41, 5.74) is -1.03. The van der Waals surface area contributed by atoms with Crippen molar-refractivity contribution in [2.75, 3.05) is 0 Å². The van der Waals surface area contributed by atoms with Crippen LogP contribution < -0.4 is 0 Å². The number of hydrogen-bond donors (Lipinski definition) is 2. The number of nitrogens with one attached hydrogen (secondary N) is 1. The molecule has 6 nitrogen and oxygen atoms in total. The molecule has 13 heavy (non-hydrogen) atoms. The molecule has 0 aliphatic rings. The molecule has 1 heterocycles. The topological polar surface area (TPSA) is 92.0 Å². The van der Waals surface area contributed by atoms with Crippen LogP contribution in [0.1, 0.15) is 25.2 Å². The quantitative estimate of drug-likeness (QED) is 0.527. The van der Waals surface area contributed by atoms with Crippen molar-refractivity contribution in [1.29, 1.82) is 0 Å². The minimum Gasteiger partial charge on any atom is -0.384 e. The van der Waals surface area contributed by atoms with E-state index < -0.39 is 10.5 Å². The first-order valence-electron chi connectivity index (χ1n) is 3.76. The van der Waals surface area contributed by atoms with Gasteiger partial charge in [0.1, 0.15) is 11.3 Å². The maximum Gasteiger partial charge on any atom is 0.315 e. The van der Waals surface area contributed by atoms with E-state index in [1.165, 1.54) is 13.8 Å². The summed E-state index contributed by atoms with van der Waals surface area (Å²) in [5, 5.41) is 26.3. The van der Waals surface area contributed by atoms with Crippen molar-refractivity contribution in [1.82, 2.24) is 10.2 Å². The number of nitro groups is 1. The predicted molar refractivity (Wildman–Crippen MR) is 45.2 cm³/mol. The van der Waals surface area contributed by atoms with Crippen molar-refractivity contribution < 1.29 is 10.0 Å². The number of rotatable bonds is 2. The number of H-pyrrole nitrogens is 1. The van der Waals surface area contributed by atoms with Gasteiger partial charge in [0.25, 0.3) is 0 Å². The van der Waals surface area contributed by atoms with E-state index in [-0.39, 0.29) is 11.4 Å². The average Bonchev–Trinajstić information content (AvgIpc) is 2.28. The lowest BCUT2D eigenvalue weighted by atomic mass is 10.0. The summed E-state index contributed by atoms with van der Waals surface area (Å²) in [5.74, 6) is 0. The van der Waals surface area contributed by atoms with Gasteiger partial charge in [-0.25, -0.2) is 0 Å². The summed E-state index contributed by atoms with van der Waals surface area (Å²) in [7, 11) is 0. The molecule has 1 aromatic heterocycles. The fourth-order valence-electron chi connectivity index (χ4n) is 1.07. The summed E-state index contributed by atoms with van der Waals surface area (Å²) in [6, 6.07) is 0. The van der Waals surface area contributed by atoms with E-state index in [9.17, 15) is 15.2 Å². The van der Waals surface area contributed by atoms with Crippen molar-refractivity contribution in [3.05, 3.63) is 21.5 Å². The van der Waals surface area contributed by atoms with Gasteiger partial charge >= 0.3 is 5.69 Å². The molecule has 0 aromatic carbocycles. The molecule has 0 saturated carbocycles. The summed E-state index contributed by atoms with van der Waals surface area (Å²) >= 11 is 0. The van der Waals surface area contributed by atoms with Crippen LogP contribution in [0.25, 0.3) is 0 Å². The van der Waals surface area contributed by atoms with Gasteiger partial charge in [-0.05, 0) is 20.8 Å². The predicted octanol–water partition coefficient (Wildman–Crippen LogP) is 0.854. The first kappa shape index (κ1) is 9.66. The number of hydrogen-bond acceptors (Lipinski definition) is 4. The van der Waals surface area contributed by atoms with Crippen LogP contribution in [-0.4, -0.2) is 20.2 Å². The molecular formula is C7H11N3O3. The Hall–Kier alpha value is -1.43. The third kappa shape index (κ3) is 1.67. The second-order valence-electron chi connectivity index (χ2n) is 3.36. The second kappa shape index (κ2) is 2.81. The van der Waals surface area contributed by atoms with Crippen LogP contribution in [0.3, 0.4) is 0 Å². The molecule has 2 N–H and O–H groups in total. The maximum atomic E-state index is 10.6. The highest BCUT2D eigenvalue weighted by Crippen LogP contribution is 2.29. The van der Waals surface area contributed by atoms with Gasteiger partial charge in [-0.1, -0.05) is 0 Å². The first-order chi connectivity index (χ1) is 5.84. The Balaban J connectivity index is 3.31. The Bertz CT molecular complexity index is 337. The Kier molecular flexibility index (Phi) is 2.09. The molecule has 0 spiro atoms. The number of aromatic nitrogens is 2. The molecule has 0 bridgehead atoms. The standard InChI is InChI=1S/C7H11N3O3/c1-4-5(10(12)13)6(9-8-4)7(2,3)11/h11H,1-3H3,(H,8,9). The lowest BCUT2D eigenvalue weighted by molar-refractivity contribution is -0.387. The molecule has 72 valence electrons. The van der Waals surface area contributed by atoms with Crippen molar-refractivity contribution in [3.63, 3.8) is 0 Å². The summed E-state index contributed by atoms with van der Waals surface area (Å²) in [6.07, 6.45) is 0. The molecule has 0 aliphatic carbocycles. The monoisotopic (exact) mass is 185 g/mol. The van der Waals surface area contributed by atoms with E-state index in [2.05, 4.69) is 10.2 Å². The largest absolute Gasteiger partial charge is 0.384 e. The molecule has 0 aliphatic heterocycles. The van der Waals surface area contributed by atoms with Crippen LogP contribution in [0.2, 0.25) is 0 Å². The van der Waals surface area contributed by atoms with Gasteiger partial charge in [0.2, 0.25) is 0 Å². The Morgan fingerprint density at radius 2 is 2.15 bits per heavy atom. The van der Waals surface area contributed by atoms with E-state index in [1.807, 2.05) is 0 Å². The summed E-state index contributed by atoms with van der Waals surface area (Å²) in [6.45, 7) is 4.45. The molecule has 0 atom stereocenters. The maximum absolute atomic E-state index is 10.6. The van der Waals surface area contributed by atoms with Crippen molar-refractivity contribution in [2.45, 2.75) is 26.4 Å². The normalized spacial score (nSPS) is 11.7. The van der Waals surface area contributed by atoms with Gasteiger partial charge in [-0.3, -0.25) is 15.2 Å². The number of aryl methyl sites for hydroxylation is 1. The fraction of sp³-hybridized carbons (Fsp3) is 0.571. The van der Waals surface area contributed by atoms with E-state index in [0.717, 1.165) is 0 Å². The second-order valence-corrected chi connectivity index (χ2v) is 3.36. The molecule has 0 fully saturated rings. The van der Waals surface area contributed by atoms with Gasteiger partial charge in [0.15, 0.2) is 5.69 Å².